The van der Waals surface area contributed by atoms with Crippen molar-refractivity contribution in [2.75, 3.05) is 66.8 Å². The third-order valence-corrected chi connectivity index (χ3v) is 6.78. The predicted molar refractivity (Wildman–Crippen MR) is 130 cm³/mol. The molecule has 2 aliphatic heterocycles. The number of hydrogen-bond acceptors (Lipinski definition) is 5. The van der Waals surface area contributed by atoms with Gasteiger partial charge < -0.3 is 24.8 Å². The van der Waals surface area contributed by atoms with Crippen molar-refractivity contribution in [2.45, 2.75) is 44.6 Å². The van der Waals surface area contributed by atoms with E-state index < -0.39 is 0 Å². The van der Waals surface area contributed by atoms with Crippen LogP contribution in [-0.2, 0) is 14.9 Å². The first-order valence-corrected chi connectivity index (χ1v) is 12.0. The highest BCUT2D eigenvalue weighted by Crippen LogP contribution is 2.35. The van der Waals surface area contributed by atoms with Gasteiger partial charge in [-0.15, -0.1) is 0 Å². The first kappa shape index (κ1) is 24.8. The lowest BCUT2D eigenvalue weighted by Crippen LogP contribution is -2.52. The lowest BCUT2D eigenvalue weighted by molar-refractivity contribution is 0.0132. The van der Waals surface area contributed by atoms with Gasteiger partial charge in [0.1, 0.15) is 5.75 Å². The van der Waals surface area contributed by atoms with E-state index in [1.807, 2.05) is 7.05 Å². The average Bonchev–Trinajstić information content (AvgIpc) is 2.84. The van der Waals surface area contributed by atoms with Crippen molar-refractivity contribution in [3.8, 4) is 5.75 Å². The Morgan fingerprint density at radius 2 is 1.72 bits per heavy atom. The minimum atomic E-state index is 0.0314. The summed E-state index contributed by atoms with van der Waals surface area (Å²) < 4.78 is 16.6. The van der Waals surface area contributed by atoms with Crippen LogP contribution in [-0.4, -0.2) is 83.7 Å². The minimum absolute atomic E-state index is 0.0314. The van der Waals surface area contributed by atoms with Crippen LogP contribution in [0.4, 0.5) is 0 Å². The molecule has 7 heteroatoms. The van der Waals surface area contributed by atoms with E-state index in [9.17, 15) is 0 Å². The van der Waals surface area contributed by atoms with Gasteiger partial charge in [0, 0.05) is 57.9 Å². The van der Waals surface area contributed by atoms with E-state index in [-0.39, 0.29) is 5.41 Å². The second-order valence-corrected chi connectivity index (χ2v) is 9.36. The zero-order valence-electron chi connectivity index (χ0n) is 20.4. The molecule has 0 amide bonds. The fourth-order valence-corrected chi connectivity index (χ4v) is 4.81. The molecular weight excluding hydrogens is 404 g/mol. The lowest BCUT2D eigenvalue weighted by atomic mass is 9.74. The number of nitrogens with zero attached hydrogens (tertiary/aromatic N) is 2. The number of rotatable bonds is 9. The van der Waals surface area contributed by atoms with Crippen LogP contribution in [0.3, 0.4) is 0 Å². The highest BCUT2D eigenvalue weighted by Gasteiger charge is 2.34. The molecule has 32 heavy (non-hydrogen) atoms. The number of morpholine rings is 1. The van der Waals surface area contributed by atoms with Gasteiger partial charge >= 0.3 is 0 Å². The minimum Gasteiger partial charge on any atom is -0.497 e. The van der Waals surface area contributed by atoms with Crippen molar-refractivity contribution >= 4 is 5.96 Å². The summed E-state index contributed by atoms with van der Waals surface area (Å²) in [5.41, 5.74) is 1.36. The molecule has 0 saturated carbocycles. The maximum absolute atomic E-state index is 5.69. The van der Waals surface area contributed by atoms with Crippen molar-refractivity contribution in [1.29, 1.82) is 0 Å². The SMILES string of the molecule is CN=C(NCC(CC(C)C)N1CCOCC1)NCC1(c2ccc(OC)cc2)CCOCC1. The Kier molecular flexibility index (Phi) is 9.63. The van der Waals surface area contributed by atoms with Crippen molar-refractivity contribution < 1.29 is 14.2 Å². The third-order valence-electron chi connectivity index (χ3n) is 6.78. The Hall–Kier alpha value is -1.83. The fraction of sp³-hybridized carbons (Fsp3) is 0.720. The van der Waals surface area contributed by atoms with Gasteiger partial charge in [0.25, 0.3) is 0 Å². The summed E-state index contributed by atoms with van der Waals surface area (Å²) >= 11 is 0. The van der Waals surface area contributed by atoms with Crippen LogP contribution in [0.2, 0.25) is 0 Å². The van der Waals surface area contributed by atoms with E-state index in [1.54, 1.807) is 7.11 Å². The molecule has 0 radical (unpaired) electrons. The van der Waals surface area contributed by atoms with Crippen LogP contribution in [0.5, 0.6) is 5.75 Å². The van der Waals surface area contributed by atoms with Gasteiger partial charge in [-0.3, -0.25) is 9.89 Å². The smallest absolute Gasteiger partial charge is 0.191 e. The van der Waals surface area contributed by atoms with E-state index in [2.05, 4.69) is 58.6 Å². The maximum atomic E-state index is 5.69. The van der Waals surface area contributed by atoms with Crippen LogP contribution < -0.4 is 15.4 Å². The summed E-state index contributed by atoms with van der Waals surface area (Å²) in [6, 6.07) is 8.98. The van der Waals surface area contributed by atoms with Gasteiger partial charge in [-0.05, 0) is 42.9 Å². The molecular formula is C25H42N4O3. The molecule has 0 aliphatic carbocycles. The van der Waals surface area contributed by atoms with Gasteiger partial charge in [0.2, 0.25) is 0 Å². The molecule has 3 rings (SSSR count). The molecule has 1 aromatic rings. The summed E-state index contributed by atoms with van der Waals surface area (Å²) in [5, 5.41) is 7.23. The second-order valence-electron chi connectivity index (χ2n) is 9.36. The molecule has 2 saturated heterocycles. The summed E-state index contributed by atoms with van der Waals surface area (Å²) in [5.74, 6) is 2.41. The van der Waals surface area contributed by atoms with Crippen molar-refractivity contribution in [1.82, 2.24) is 15.5 Å². The fourth-order valence-electron chi connectivity index (χ4n) is 4.81. The van der Waals surface area contributed by atoms with E-state index >= 15 is 0 Å². The van der Waals surface area contributed by atoms with Gasteiger partial charge in [-0.2, -0.15) is 0 Å². The maximum Gasteiger partial charge on any atom is 0.191 e. The molecule has 180 valence electrons. The molecule has 2 aliphatic rings. The molecule has 1 unspecified atom stereocenters. The Morgan fingerprint density at radius 1 is 1.06 bits per heavy atom. The zero-order chi connectivity index (χ0) is 22.8. The zero-order valence-corrected chi connectivity index (χ0v) is 20.4. The molecule has 2 heterocycles. The van der Waals surface area contributed by atoms with Crippen molar-refractivity contribution in [3.05, 3.63) is 29.8 Å². The Bertz CT molecular complexity index is 696. The van der Waals surface area contributed by atoms with E-state index in [4.69, 9.17) is 14.2 Å². The number of benzene rings is 1. The highest BCUT2D eigenvalue weighted by atomic mass is 16.5. The van der Waals surface area contributed by atoms with Crippen LogP contribution in [0.15, 0.2) is 29.3 Å². The molecule has 1 aromatic carbocycles. The highest BCUT2D eigenvalue weighted by molar-refractivity contribution is 5.79. The first-order chi connectivity index (χ1) is 15.6. The van der Waals surface area contributed by atoms with Gasteiger partial charge in [-0.1, -0.05) is 26.0 Å². The Balaban J connectivity index is 1.62. The Morgan fingerprint density at radius 3 is 2.31 bits per heavy atom. The average molecular weight is 447 g/mol. The largest absolute Gasteiger partial charge is 0.497 e. The summed E-state index contributed by atoms with van der Waals surface area (Å²) in [4.78, 5) is 7.08. The van der Waals surface area contributed by atoms with E-state index in [1.165, 1.54) is 5.56 Å². The summed E-state index contributed by atoms with van der Waals surface area (Å²) in [6.07, 6.45) is 3.15. The number of ether oxygens (including phenoxy) is 3. The lowest BCUT2D eigenvalue weighted by Gasteiger charge is -2.39. The predicted octanol–water partition coefficient (Wildman–Crippen LogP) is 2.66. The van der Waals surface area contributed by atoms with Crippen molar-refractivity contribution in [2.24, 2.45) is 10.9 Å². The standard InChI is InChI=1S/C25H42N4O3/c1-20(2)17-22(29-11-15-32-16-12-29)18-27-24(26-3)28-19-25(9-13-31-14-10-25)21-5-7-23(30-4)8-6-21/h5-8,20,22H,9-19H2,1-4H3,(H2,26,27,28). The van der Waals surface area contributed by atoms with E-state index in [0.717, 1.165) is 83.6 Å². The number of methoxy groups -OCH3 is 1. The number of guanidine groups is 1. The molecule has 2 N–H and O–H groups in total. The third kappa shape index (κ3) is 6.83. The first-order valence-electron chi connectivity index (χ1n) is 12.0. The Labute approximate surface area is 193 Å². The summed E-state index contributed by atoms with van der Waals surface area (Å²) in [6.45, 7) is 11.5. The van der Waals surface area contributed by atoms with Gasteiger partial charge in [0.05, 0.1) is 20.3 Å². The van der Waals surface area contributed by atoms with Crippen LogP contribution >= 0.6 is 0 Å². The number of hydrogen-bond donors (Lipinski definition) is 2. The molecule has 1 atom stereocenters. The molecule has 0 bridgehead atoms. The van der Waals surface area contributed by atoms with Gasteiger partial charge in [0.15, 0.2) is 5.96 Å². The molecule has 0 spiro atoms. The van der Waals surface area contributed by atoms with Crippen LogP contribution in [0, 0.1) is 5.92 Å². The van der Waals surface area contributed by atoms with Crippen LogP contribution in [0.1, 0.15) is 38.7 Å². The quantitative estimate of drug-likeness (QED) is 0.449. The molecule has 7 nitrogen and oxygen atoms in total. The molecule has 0 aromatic heterocycles. The van der Waals surface area contributed by atoms with Gasteiger partial charge in [-0.25, -0.2) is 0 Å². The normalized spacial score (nSPS) is 20.7. The summed E-state index contributed by atoms with van der Waals surface area (Å²) in [7, 11) is 3.56. The van der Waals surface area contributed by atoms with E-state index in [0.29, 0.717) is 12.0 Å². The number of aliphatic imine (C=N–C) groups is 1. The monoisotopic (exact) mass is 446 g/mol. The molecule has 2 fully saturated rings. The van der Waals surface area contributed by atoms with Crippen LogP contribution in [0.25, 0.3) is 0 Å². The van der Waals surface area contributed by atoms with Crippen molar-refractivity contribution in [3.63, 3.8) is 0 Å². The second kappa shape index (κ2) is 12.4. The number of nitrogens with one attached hydrogen (secondary N) is 2. The topological polar surface area (TPSA) is 67.4 Å².